The molecule has 0 N–H and O–H groups in total. The quantitative estimate of drug-likeness (QED) is 0.440. The Bertz CT molecular complexity index is 1070. The molecule has 0 fully saturated rings. The van der Waals surface area contributed by atoms with Crippen molar-refractivity contribution in [3.8, 4) is 5.75 Å². The highest BCUT2D eigenvalue weighted by molar-refractivity contribution is 6.31. The Morgan fingerprint density at radius 1 is 1.00 bits per heavy atom. The first-order chi connectivity index (χ1) is 13.1. The van der Waals surface area contributed by atoms with Crippen molar-refractivity contribution < 1.29 is 9.13 Å². The monoisotopic (exact) mass is 380 g/mol. The number of aryl methyl sites for hydroxylation is 1. The number of halogens is 2. The zero-order valence-corrected chi connectivity index (χ0v) is 15.6. The van der Waals surface area contributed by atoms with Gasteiger partial charge in [-0.1, -0.05) is 47.5 Å². The van der Waals surface area contributed by atoms with Gasteiger partial charge in [0.15, 0.2) is 0 Å². The summed E-state index contributed by atoms with van der Waals surface area (Å²) in [6.45, 7) is 2.60. The topological polar surface area (TPSA) is 27.1 Å². The van der Waals surface area contributed by atoms with E-state index in [4.69, 9.17) is 16.3 Å². The molecule has 3 aromatic carbocycles. The summed E-state index contributed by atoms with van der Waals surface area (Å²) in [6, 6.07) is 20.3. The van der Waals surface area contributed by atoms with Crippen LogP contribution in [0.2, 0.25) is 5.02 Å². The van der Waals surface area contributed by atoms with Crippen LogP contribution in [-0.2, 0) is 13.2 Å². The van der Waals surface area contributed by atoms with E-state index in [2.05, 4.69) is 4.98 Å². The van der Waals surface area contributed by atoms with Gasteiger partial charge in [0.05, 0.1) is 17.6 Å². The third-order valence-corrected chi connectivity index (χ3v) is 4.85. The van der Waals surface area contributed by atoms with E-state index in [9.17, 15) is 4.39 Å². The highest BCUT2D eigenvalue weighted by Crippen LogP contribution is 2.24. The summed E-state index contributed by atoms with van der Waals surface area (Å²) in [7, 11) is 0. The molecule has 0 spiro atoms. The van der Waals surface area contributed by atoms with Gasteiger partial charge in [-0.15, -0.1) is 0 Å². The number of benzene rings is 3. The molecule has 5 heteroatoms. The van der Waals surface area contributed by atoms with E-state index < -0.39 is 0 Å². The van der Waals surface area contributed by atoms with E-state index in [0.717, 1.165) is 22.6 Å². The lowest BCUT2D eigenvalue weighted by Gasteiger charge is -2.12. The first-order valence-corrected chi connectivity index (χ1v) is 9.06. The molecule has 0 aliphatic heterocycles. The molecule has 0 aliphatic rings. The molecule has 0 unspecified atom stereocenters. The lowest BCUT2D eigenvalue weighted by molar-refractivity contribution is 0.291. The molecule has 4 rings (SSSR count). The summed E-state index contributed by atoms with van der Waals surface area (Å²) in [5.74, 6) is 1.16. The van der Waals surface area contributed by atoms with E-state index in [0.29, 0.717) is 17.1 Å². The Hall–Kier alpha value is -2.85. The average molecular weight is 381 g/mol. The van der Waals surface area contributed by atoms with Crippen LogP contribution in [0.15, 0.2) is 66.7 Å². The van der Waals surface area contributed by atoms with Gasteiger partial charge in [-0.3, -0.25) is 0 Å². The van der Waals surface area contributed by atoms with Crippen molar-refractivity contribution in [3.05, 3.63) is 94.5 Å². The minimum absolute atomic E-state index is 0.282. The van der Waals surface area contributed by atoms with Gasteiger partial charge in [-0.05, 0) is 43.3 Å². The smallest absolute Gasteiger partial charge is 0.148 e. The number of nitrogens with zero attached hydrogens (tertiary/aromatic N) is 2. The van der Waals surface area contributed by atoms with Crippen LogP contribution in [-0.4, -0.2) is 9.55 Å². The summed E-state index contributed by atoms with van der Waals surface area (Å²) in [5.41, 5.74) is 3.37. The molecule has 3 nitrogen and oxygen atoms in total. The third kappa shape index (κ3) is 3.67. The normalized spacial score (nSPS) is 11.1. The standard InChI is InChI=1S/C22H18ClFN2O/c1-15-9-11-16(12-10-15)27-14-22-25-20-7-2-3-8-21(20)26(22)13-17-18(23)5-4-6-19(17)24/h2-12H,13-14H2,1H3. The molecular weight excluding hydrogens is 363 g/mol. The molecule has 0 bridgehead atoms. The lowest BCUT2D eigenvalue weighted by Crippen LogP contribution is -2.10. The molecular formula is C22H18ClFN2O. The maximum absolute atomic E-state index is 14.3. The van der Waals surface area contributed by atoms with Crippen LogP contribution in [0.25, 0.3) is 11.0 Å². The Labute approximate surface area is 162 Å². The zero-order valence-electron chi connectivity index (χ0n) is 14.8. The molecule has 1 heterocycles. The summed E-state index contributed by atoms with van der Waals surface area (Å²) >= 11 is 6.23. The predicted octanol–water partition coefficient (Wildman–Crippen LogP) is 5.76. The maximum atomic E-state index is 14.3. The third-order valence-electron chi connectivity index (χ3n) is 4.50. The Morgan fingerprint density at radius 2 is 1.78 bits per heavy atom. The van der Waals surface area contributed by atoms with Crippen LogP contribution in [0.5, 0.6) is 5.75 Å². The molecule has 0 radical (unpaired) electrons. The minimum Gasteiger partial charge on any atom is -0.486 e. The fourth-order valence-corrected chi connectivity index (χ4v) is 3.26. The van der Waals surface area contributed by atoms with Crippen LogP contribution < -0.4 is 4.74 Å². The van der Waals surface area contributed by atoms with Crippen LogP contribution in [0.4, 0.5) is 4.39 Å². The fourth-order valence-electron chi connectivity index (χ4n) is 3.04. The van der Waals surface area contributed by atoms with Gasteiger partial charge in [-0.25, -0.2) is 9.37 Å². The van der Waals surface area contributed by atoms with E-state index in [1.54, 1.807) is 12.1 Å². The number of fused-ring (bicyclic) bond motifs is 1. The summed E-state index contributed by atoms with van der Waals surface area (Å²) < 4.78 is 22.2. The van der Waals surface area contributed by atoms with Crippen molar-refractivity contribution in [2.24, 2.45) is 0 Å². The Morgan fingerprint density at radius 3 is 2.56 bits per heavy atom. The molecule has 27 heavy (non-hydrogen) atoms. The van der Waals surface area contributed by atoms with Gasteiger partial charge in [0.25, 0.3) is 0 Å². The number of hydrogen-bond donors (Lipinski definition) is 0. The van der Waals surface area contributed by atoms with Gasteiger partial charge in [0, 0.05) is 10.6 Å². The Balaban J connectivity index is 1.70. The molecule has 0 aliphatic carbocycles. The number of rotatable bonds is 5. The van der Waals surface area contributed by atoms with Crippen LogP contribution in [0.3, 0.4) is 0 Å². The number of ether oxygens (including phenoxy) is 1. The largest absolute Gasteiger partial charge is 0.486 e. The highest BCUT2D eigenvalue weighted by Gasteiger charge is 2.15. The molecule has 0 saturated carbocycles. The van der Waals surface area contributed by atoms with Gasteiger partial charge < -0.3 is 9.30 Å². The second-order valence-corrected chi connectivity index (χ2v) is 6.81. The second kappa shape index (κ2) is 7.41. The van der Waals surface area contributed by atoms with E-state index in [-0.39, 0.29) is 12.4 Å². The van der Waals surface area contributed by atoms with Crippen molar-refractivity contribution in [1.29, 1.82) is 0 Å². The molecule has 136 valence electrons. The van der Waals surface area contributed by atoms with Gasteiger partial charge in [0.1, 0.15) is 24.0 Å². The number of aromatic nitrogens is 2. The first kappa shape index (κ1) is 17.6. The molecule has 4 aromatic rings. The van der Waals surface area contributed by atoms with Gasteiger partial charge in [-0.2, -0.15) is 0 Å². The van der Waals surface area contributed by atoms with Crippen molar-refractivity contribution in [2.75, 3.05) is 0 Å². The fraction of sp³-hybridized carbons (Fsp3) is 0.136. The molecule has 1 aromatic heterocycles. The van der Waals surface area contributed by atoms with E-state index in [1.807, 2.05) is 60.0 Å². The van der Waals surface area contributed by atoms with Gasteiger partial charge in [0.2, 0.25) is 0 Å². The number of para-hydroxylation sites is 2. The van der Waals surface area contributed by atoms with Crippen molar-refractivity contribution in [2.45, 2.75) is 20.1 Å². The summed E-state index contributed by atoms with van der Waals surface area (Å²) in [4.78, 5) is 4.67. The van der Waals surface area contributed by atoms with E-state index >= 15 is 0 Å². The lowest BCUT2D eigenvalue weighted by atomic mass is 10.2. The van der Waals surface area contributed by atoms with Crippen molar-refractivity contribution in [1.82, 2.24) is 9.55 Å². The van der Waals surface area contributed by atoms with Crippen molar-refractivity contribution >= 4 is 22.6 Å². The predicted molar refractivity (Wildman–Crippen MR) is 106 cm³/mol. The molecule has 0 saturated heterocycles. The van der Waals surface area contributed by atoms with Crippen LogP contribution >= 0.6 is 11.6 Å². The SMILES string of the molecule is Cc1ccc(OCc2nc3ccccc3n2Cc2c(F)cccc2Cl)cc1. The number of hydrogen-bond acceptors (Lipinski definition) is 2. The summed E-state index contributed by atoms with van der Waals surface area (Å²) in [6.07, 6.45) is 0. The maximum Gasteiger partial charge on any atom is 0.148 e. The average Bonchev–Trinajstić information content (AvgIpc) is 3.02. The second-order valence-electron chi connectivity index (χ2n) is 6.40. The molecule has 0 atom stereocenters. The molecule has 0 amide bonds. The Kier molecular flexibility index (Phi) is 4.82. The minimum atomic E-state index is -0.328. The highest BCUT2D eigenvalue weighted by atomic mass is 35.5. The van der Waals surface area contributed by atoms with Crippen LogP contribution in [0, 0.1) is 12.7 Å². The summed E-state index contributed by atoms with van der Waals surface area (Å²) in [5, 5.41) is 0.401. The van der Waals surface area contributed by atoms with Crippen molar-refractivity contribution in [3.63, 3.8) is 0 Å². The van der Waals surface area contributed by atoms with Gasteiger partial charge >= 0.3 is 0 Å². The number of imidazole rings is 1. The first-order valence-electron chi connectivity index (χ1n) is 8.68. The van der Waals surface area contributed by atoms with Crippen LogP contribution in [0.1, 0.15) is 17.0 Å². The van der Waals surface area contributed by atoms with E-state index in [1.165, 1.54) is 11.6 Å². The zero-order chi connectivity index (χ0) is 18.8.